The molecule has 5 N–H and O–H groups in total. The lowest BCUT2D eigenvalue weighted by Gasteiger charge is -2.36. The van der Waals surface area contributed by atoms with E-state index in [1.807, 2.05) is 45.0 Å². The molecule has 2 aromatic rings. The summed E-state index contributed by atoms with van der Waals surface area (Å²) in [6.07, 6.45) is -3.20. The second-order valence-electron chi connectivity index (χ2n) is 12.8. The zero-order valence-corrected chi connectivity index (χ0v) is 27.5. The minimum Gasteiger partial charge on any atom is -0.482 e. The van der Waals surface area contributed by atoms with Crippen LogP contribution in [0.15, 0.2) is 57.4 Å². The van der Waals surface area contributed by atoms with Crippen molar-refractivity contribution in [2.75, 3.05) is 20.3 Å². The highest BCUT2D eigenvalue weighted by atomic mass is 31.2. The Morgan fingerprint density at radius 3 is 2.67 bits per heavy atom. The summed E-state index contributed by atoms with van der Waals surface area (Å²) in [5.74, 6) is -0.222. The number of nitrogens with one attached hydrogen (secondary N) is 1. The Kier molecular flexibility index (Phi) is 9.47. The van der Waals surface area contributed by atoms with Gasteiger partial charge in [-0.1, -0.05) is 57.2 Å². The monoisotopic (exact) mass is 660 g/mol. The summed E-state index contributed by atoms with van der Waals surface area (Å²) < 4.78 is 43.0. The second-order valence-corrected chi connectivity index (χ2v) is 14.5. The van der Waals surface area contributed by atoms with Crippen molar-refractivity contribution in [1.82, 2.24) is 9.99 Å². The lowest BCUT2D eigenvalue weighted by atomic mass is 9.96. The van der Waals surface area contributed by atoms with Gasteiger partial charge < -0.3 is 39.6 Å². The van der Waals surface area contributed by atoms with E-state index in [4.69, 9.17) is 29.0 Å². The lowest BCUT2D eigenvalue weighted by molar-refractivity contribution is -0.148. The Morgan fingerprint density at radius 1 is 1.24 bits per heavy atom. The van der Waals surface area contributed by atoms with Crippen molar-refractivity contribution < 1.29 is 42.8 Å². The number of nitrogens with zero attached hydrogens (tertiary/aromatic N) is 4. The number of methoxy groups -OCH3 is 1. The van der Waals surface area contributed by atoms with E-state index in [-0.39, 0.29) is 29.6 Å². The molecule has 250 valence electrons. The van der Waals surface area contributed by atoms with Gasteiger partial charge in [0, 0.05) is 5.39 Å². The standard InChI is InChI=1S/C30H41N6O9P/c1-17(26(38)42-15-29(2,3)4)35-46(40,45-20-13-9-11-18-10-7-8-12-19(18)20)43-14-21-23(37)30(5,39)27(44-21)36-16-32-22-24(36)33-28(31)34-25(22)41-6/h7-13,16-17,21-24,27,37,39H,14-15H2,1-6H3,(H2,31,33)(H,35,40)/t17-,21+,22?,23+,24?,27?,30+,46-/m0/s1. The molecule has 0 bridgehead atoms. The number of guanidine groups is 1. The van der Waals surface area contributed by atoms with Crippen LogP contribution in [0.2, 0.25) is 0 Å². The fourth-order valence-corrected chi connectivity index (χ4v) is 6.79. The number of rotatable bonds is 10. The van der Waals surface area contributed by atoms with E-state index >= 15 is 0 Å². The molecule has 1 fully saturated rings. The molecule has 3 unspecified atom stereocenters. The number of fused-ring (bicyclic) bond motifs is 2. The average Bonchev–Trinajstić information content (AvgIpc) is 3.51. The molecule has 46 heavy (non-hydrogen) atoms. The number of carbonyl (C=O) groups excluding carboxylic acids is 1. The predicted octanol–water partition coefficient (Wildman–Crippen LogP) is 2.16. The highest BCUT2D eigenvalue weighted by Crippen LogP contribution is 2.48. The molecule has 5 rings (SSSR count). The van der Waals surface area contributed by atoms with Gasteiger partial charge in [0.25, 0.3) is 0 Å². The fourth-order valence-electron chi connectivity index (χ4n) is 5.27. The molecule has 15 nitrogen and oxygen atoms in total. The molecule has 0 spiro atoms. The van der Waals surface area contributed by atoms with Gasteiger partial charge in [-0.25, -0.2) is 9.56 Å². The van der Waals surface area contributed by atoms with E-state index in [2.05, 4.69) is 20.1 Å². The van der Waals surface area contributed by atoms with Crippen molar-refractivity contribution in [2.45, 2.75) is 76.9 Å². The topological polar surface area (TPSA) is 199 Å². The van der Waals surface area contributed by atoms with Crippen LogP contribution in [0.1, 0.15) is 34.6 Å². The summed E-state index contributed by atoms with van der Waals surface area (Å²) >= 11 is 0. The second kappa shape index (κ2) is 12.9. The maximum Gasteiger partial charge on any atom is 0.459 e. The molecule has 16 heteroatoms. The molecule has 0 amide bonds. The highest BCUT2D eigenvalue weighted by molar-refractivity contribution is 7.52. The molecule has 0 aromatic heterocycles. The number of esters is 1. The third-order valence-electron chi connectivity index (χ3n) is 7.65. The molecule has 2 aromatic carbocycles. The third-order valence-corrected chi connectivity index (χ3v) is 9.28. The van der Waals surface area contributed by atoms with E-state index in [0.29, 0.717) is 5.39 Å². The largest absolute Gasteiger partial charge is 0.482 e. The minimum atomic E-state index is -4.36. The Balaban J connectivity index is 1.36. The molecule has 3 aliphatic heterocycles. The van der Waals surface area contributed by atoms with Crippen LogP contribution in [0.25, 0.3) is 10.8 Å². The van der Waals surface area contributed by atoms with Crippen molar-refractivity contribution in [3.8, 4) is 5.75 Å². The number of carbonyl (C=O) groups is 1. The van der Waals surface area contributed by atoms with Gasteiger partial charge in [-0.2, -0.15) is 10.1 Å². The van der Waals surface area contributed by atoms with Gasteiger partial charge in [-0.05, 0) is 30.7 Å². The van der Waals surface area contributed by atoms with Gasteiger partial charge in [0.2, 0.25) is 11.9 Å². The normalized spacial score (nSPS) is 29.5. The van der Waals surface area contributed by atoms with Crippen LogP contribution in [0.4, 0.5) is 0 Å². The van der Waals surface area contributed by atoms with Crippen molar-refractivity contribution in [1.29, 1.82) is 0 Å². The zero-order valence-electron chi connectivity index (χ0n) is 26.6. The Bertz CT molecular complexity index is 1590. The highest BCUT2D eigenvalue weighted by Gasteiger charge is 2.58. The van der Waals surface area contributed by atoms with E-state index in [9.17, 15) is 19.6 Å². The van der Waals surface area contributed by atoms with Gasteiger partial charge in [0.05, 0.1) is 26.7 Å². The number of hydrogen-bond donors (Lipinski definition) is 4. The van der Waals surface area contributed by atoms with Gasteiger partial charge in [-0.3, -0.25) is 14.3 Å². The first kappa shape index (κ1) is 33.8. The number of aliphatic hydroxyl groups excluding tert-OH is 1. The Labute approximate surface area is 267 Å². The smallest absolute Gasteiger partial charge is 0.459 e. The van der Waals surface area contributed by atoms with E-state index < -0.39 is 62.6 Å². The number of hydrogen-bond acceptors (Lipinski definition) is 14. The predicted molar refractivity (Wildman–Crippen MR) is 170 cm³/mol. The maximum absolute atomic E-state index is 14.3. The number of aliphatic imine (C=N–C) groups is 3. The van der Waals surface area contributed by atoms with E-state index in [1.54, 1.807) is 18.2 Å². The van der Waals surface area contributed by atoms with Gasteiger partial charge in [0.1, 0.15) is 29.6 Å². The minimum absolute atomic E-state index is 0.0422. The summed E-state index contributed by atoms with van der Waals surface area (Å²) in [5.41, 5.74) is 3.73. The molecule has 0 saturated carbocycles. The third kappa shape index (κ3) is 7.04. The zero-order chi connectivity index (χ0) is 33.4. The van der Waals surface area contributed by atoms with Gasteiger partial charge >= 0.3 is 13.7 Å². The summed E-state index contributed by atoms with van der Waals surface area (Å²) in [4.78, 5) is 27.1. The van der Waals surface area contributed by atoms with Gasteiger partial charge in [0.15, 0.2) is 18.4 Å². The Morgan fingerprint density at radius 2 is 1.96 bits per heavy atom. The van der Waals surface area contributed by atoms with E-state index in [0.717, 1.165) is 5.39 Å². The van der Waals surface area contributed by atoms with Crippen LogP contribution in [-0.4, -0.2) is 102 Å². The number of nitrogens with two attached hydrogens (primary N) is 1. The first-order valence-electron chi connectivity index (χ1n) is 14.8. The molecule has 3 heterocycles. The summed E-state index contributed by atoms with van der Waals surface area (Å²) in [6.45, 7) is 8.26. The SMILES string of the molecule is COC1=NC(N)=NC2C1N=CN2C1O[C@H](CO[P@@](=O)(N[C@@H](C)C(=O)OCC(C)(C)C)Oc2cccc3ccccc23)[C@@H](O)[C@@]1(C)O. The molecule has 0 aliphatic carbocycles. The average molecular weight is 661 g/mol. The van der Waals surface area contributed by atoms with E-state index in [1.165, 1.54) is 32.2 Å². The molecular weight excluding hydrogens is 619 g/mol. The van der Waals surface area contributed by atoms with Crippen LogP contribution < -0.4 is 15.3 Å². The molecule has 3 aliphatic rings. The van der Waals surface area contributed by atoms with Crippen LogP contribution in [0, 0.1) is 5.41 Å². The lowest BCUT2D eigenvalue weighted by Crippen LogP contribution is -2.56. The summed E-state index contributed by atoms with van der Waals surface area (Å²) in [5, 5.41) is 26.7. The molecule has 1 saturated heterocycles. The van der Waals surface area contributed by atoms with Gasteiger partial charge in [-0.15, -0.1) is 0 Å². The number of benzene rings is 2. The van der Waals surface area contributed by atoms with Crippen LogP contribution >= 0.6 is 7.75 Å². The number of ether oxygens (including phenoxy) is 3. The summed E-state index contributed by atoms with van der Waals surface area (Å²) in [7, 11) is -2.93. The summed E-state index contributed by atoms with van der Waals surface area (Å²) in [6, 6.07) is 10.8. The quantitative estimate of drug-likeness (QED) is 0.214. The fraction of sp³-hybridized carbons (Fsp3) is 0.533. The Hall–Kier alpha value is -3.59. The maximum atomic E-state index is 14.3. The molecule has 8 atom stereocenters. The first-order chi connectivity index (χ1) is 21.6. The van der Waals surface area contributed by atoms with Crippen molar-refractivity contribution in [2.24, 2.45) is 26.1 Å². The first-order valence-corrected chi connectivity index (χ1v) is 16.3. The van der Waals surface area contributed by atoms with Crippen LogP contribution in [-0.2, 0) is 28.1 Å². The van der Waals surface area contributed by atoms with Crippen molar-refractivity contribution in [3.63, 3.8) is 0 Å². The number of aliphatic hydroxyl groups is 2. The van der Waals surface area contributed by atoms with Crippen molar-refractivity contribution in [3.05, 3.63) is 42.5 Å². The van der Waals surface area contributed by atoms with Crippen molar-refractivity contribution >= 4 is 42.7 Å². The molecule has 0 radical (unpaired) electrons. The molecular formula is C30H41N6O9P. The van der Waals surface area contributed by atoms with Crippen LogP contribution in [0.5, 0.6) is 5.75 Å². The van der Waals surface area contributed by atoms with Crippen LogP contribution in [0.3, 0.4) is 0 Å².